The minimum atomic E-state index is -4.34. The van der Waals surface area contributed by atoms with Crippen LogP contribution in [-0.2, 0) is 11.2 Å². The molecule has 0 saturated heterocycles. The van der Waals surface area contributed by atoms with E-state index in [1.54, 1.807) is 24.5 Å². The molecule has 1 aromatic heterocycles. The Morgan fingerprint density at radius 3 is 2.42 bits per heavy atom. The summed E-state index contributed by atoms with van der Waals surface area (Å²) in [6, 6.07) is 5.48. The second-order valence-electron chi connectivity index (χ2n) is 9.64. The number of hydrogen-bond acceptors (Lipinski definition) is 4. The number of rotatable bonds is 10. The van der Waals surface area contributed by atoms with Crippen molar-refractivity contribution in [2.75, 3.05) is 21.1 Å². The molecule has 196 valence electrons. The molecule has 2 aromatic rings. The van der Waals surface area contributed by atoms with Gasteiger partial charge in [-0.05, 0) is 75.5 Å². The van der Waals surface area contributed by atoms with Gasteiger partial charge in [0.2, 0.25) is 5.91 Å². The van der Waals surface area contributed by atoms with Crippen molar-refractivity contribution in [3.8, 4) is 0 Å². The average molecular weight is 509 g/mol. The molecule has 2 amide bonds. The average Bonchev–Trinajstić information content (AvgIpc) is 3.63. The van der Waals surface area contributed by atoms with Gasteiger partial charge in [-0.15, -0.1) is 0 Å². The molecule has 1 aromatic carbocycles. The van der Waals surface area contributed by atoms with Crippen LogP contribution in [-0.4, -0.2) is 55.1 Å². The van der Waals surface area contributed by atoms with Gasteiger partial charge in [-0.2, -0.15) is 13.2 Å². The molecule has 6 nitrogen and oxygen atoms in total. The summed E-state index contributed by atoms with van der Waals surface area (Å²) in [7, 11) is 5.03. The van der Waals surface area contributed by atoms with E-state index in [0.29, 0.717) is 12.0 Å². The number of nitrogens with zero attached hydrogens (tertiary/aromatic N) is 2. The first-order valence-corrected chi connectivity index (χ1v) is 11.8. The highest BCUT2D eigenvalue weighted by molar-refractivity contribution is 5.94. The molecule has 0 aliphatic heterocycles. The highest BCUT2D eigenvalue weighted by atomic mass is 19.4. The van der Waals surface area contributed by atoms with Crippen molar-refractivity contribution in [3.05, 3.63) is 64.7 Å². The quantitative estimate of drug-likeness (QED) is 0.469. The molecular formula is C26H32F4N4O2. The van der Waals surface area contributed by atoms with Crippen LogP contribution in [0.4, 0.5) is 17.6 Å². The van der Waals surface area contributed by atoms with E-state index < -0.39 is 35.3 Å². The smallest absolute Gasteiger partial charge is 0.355 e. The SMILES string of the molecule is CNC(=O)c1ccc([C@H](NC(=O)CCC2(C(F)(F)F)CC2)C(Cc2cccnc2)N(C)C)c(C)c1F. The Morgan fingerprint density at radius 1 is 1.19 bits per heavy atom. The van der Waals surface area contributed by atoms with Gasteiger partial charge in [0, 0.05) is 31.9 Å². The molecule has 2 atom stereocenters. The standard InChI is InChI=1S/C26H32F4N4O2/c1-16-18(7-8-19(22(16)27)24(36)31-2)23(20(34(3)4)14-17-6-5-13-32-15-17)33-21(35)9-10-25(11-12-25)26(28,29)30/h5-8,13,15,20,23H,9-12,14H2,1-4H3,(H,31,36)(H,33,35)/t20?,23-/m0/s1. The molecule has 1 aliphatic carbocycles. The molecule has 1 saturated carbocycles. The van der Waals surface area contributed by atoms with E-state index in [1.165, 1.54) is 20.0 Å². The number of hydrogen-bond donors (Lipinski definition) is 2. The Bertz CT molecular complexity index is 1090. The van der Waals surface area contributed by atoms with Gasteiger partial charge in [-0.25, -0.2) is 4.39 Å². The van der Waals surface area contributed by atoms with Crippen molar-refractivity contribution in [2.45, 2.75) is 57.3 Å². The molecular weight excluding hydrogens is 476 g/mol. The van der Waals surface area contributed by atoms with Crippen LogP contribution >= 0.6 is 0 Å². The maximum absolute atomic E-state index is 15.2. The zero-order valence-electron chi connectivity index (χ0n) is 20.9. The number of carbonyl (C=O) groups is 2. The summed E-state index contributed by atoms with van der Waals surface area (Å²) in [6.07, 6.45) is -1.09. The molecule has 1 unspecified atom stereocenters. The van der Waals surface area contributed by atoms with Crippen LogP contribution in [0.25, 0.3) is 0 Å². The van der Waals surface area contributed by atoms with Gasteiger partial charge in [0.1, 0.15) is 5.82 Å². The summed E-state index contributed by atoms with van der Waals surface area (Å²) in [4.78, 5) is 31.0. The first-order chi connectivity index (χ1) is 16.9. The third-order valence-electron chi connectivity index (χ3n) is 7.05. The zero-order chi connectivity index (χ0) is 26.7. The molecule has 0 radical (unpaired) electrons. The molecule has 1 aliphatic rings. The lowest BCUT2D eigenvalue weighted by molar-refractivity contribution is -0.189. The number of pyridine rings is 1. The molecule has 3 rings (SSSR count). The topological polar surface area (TPSA) is 74.3 Å². The van der Waals surface area contributed by atoms with Gasteiger partial charge in [0.25, 0.3) is 5.91 Å². The molecule has 0 bridgehead atoms. The minimum Gasteiger partial charge on any atom is -0.355 e. The lowest BCUT2D eigenvalue weighted by Gasteiger charge is -2.34. The number of nitrogens with one attached hydrogen (secondary N) is 2. The minimum absolute atomic E-state index is 0.0276. The van der Waals surface area contributed by atoms with E-state index in [-0.39, 0.29) is 42.9 Å². The zero-order valence-corrected chi connectivity index (χ0v) is 20.9. The van der Waals surface area contributed by atoms with Crippen LogP contribution < -0.4 is 10.6 Å². The van der Waals surface area contributed by atoms with E-state index in [1.807, 2.05) is 25.1 Å². The molecule has 36 heavy (non-hydrogen) atoms. The summed E-state index contributed by atoms with van der Waals surface area (Å²) in [5.74, 6) is -1.83. The van der Waals surface area contributed by atoms with E-state index in [2.05, 4.69) is 15.6 Å². The van der Waals surface area contributed by atoms with Gasteiger partial charge >= 0.3 is 6.18 Å². The molecule has 0 spiro atoms. The molecule has 10 heteroatoms. The highest BCUT2D eigenvalue weighted by Crippen LogP contribution is 2.60. The second-order valence-corrected chi connectivity index (χ2v) is 9.64. The molecule has 2 N–H and O–H groups in total. The number of benzene rings is 1. The number of halogens is 4. The first kappa shape index (κ1) is 27.6. The summed E-state index contributed by atoms with van der Waals surface area (Å²) in [6.45, 7) is 1.52. The predicted molar refractivity (Wildman–Crippen MR) is 128 cm³/mol. The normalized spacial score (nSPS) is 16.4. The van der Waals surface area contributed by atoms with Crippen LogP contribution in [0.15, 0.2) is 36.7 Å². The maximum Gasteiger partial charge on any atom is 0.394 e. The molecule has 1 fully saturated rings. The second kappa shape index (κ2) is 10.9. The van der Waals surface area contributed by atoms with E-state index in [0.717, 1.165) is 5.56 Å². The monoisotopic (exact) mass is 508 g/mol. The van der Waals surface area contributed by atoms with Crippen molar-refractivity contribution >= 4 is 11.8 Å². The lowest BCUT2D eigenvalue weighted by atomic mass is 9.89. The van der Waals surface area contributed by atoms with E-state index in [9.17, 15) is 22.8 Å². The Labute approximate surface area is 208 Å². The fourth-order valence-corrected chi connectivity index (χ4v) is 4.51. The summed E-state index contributed by atoms with van der Waals surface area (Å²) < 4.78 is 55.3. The van der Waals surface area contributed by atoms with Crippen LogP contribution in [0.1, 0.15) is 58.8 Å². The number of alkyl halides is 3. The van der Waals surface area contributed by atoms with Crippen LogP contribution in [0, 0.1) is 18.2 Å². The fraction of sp³-hybridized carbons (Fsp3) is 0.500. The third kappa shape index (κ3) is 6.03. The number of carbonyl (C=O) groups excluding carboxylic acids is 2. The van der Waals surface area contributed by atoms with Gasteiger partial charge in [-0.1, -0.05) is 12.1 Å². The summed E-state index contributed by atoms with van der Waals surface area (Å²) >= 11 is 0. The van der Waals surface area contributed by atoms with Crippen LogP contribution in [0.3, 0.4) is 0 Å². The van der Waals surface area contributed by atoms with Gasteiger partial charge in [0.05, 0.1) is 17.0 Å². The third-order valence-corrected chi connectivity index (χ3v) is 7.05. The van der Waals surface area contributed by atoms with Gasteiger partial charge < -0.3 is 15.5 Å². The number of likely N-dealkylation sites (N-methyl/N-ethyl adjacent to an activating group) is 1. The summed E-state index contributed by atoms with van der Waals surface area (Å²) in [5.41, 5.74) is -0.391. The Balaban J connectivity index is 1.94. The number of aromatic nitrogens is 1. The van der Waals surface area contributed by atoms with Crippen molar-refractivity contribution in [2.24, 2.45) is 5.41 Å². The first-order valence-electron chi connectivity index (χ1n) is 11.8. The van der Waals surface area contributed by atoms with Crippen LogP contribution in [0.5, 0.6) is 0 Å². The fourth-order valence-electron chi connectivity index (χ4n) is 4.51. The van der Waals surface area contributed by atoms with Crippen molar-refractivity contribution < 1.29 is 27.2 Å². The Hall–Kier alpha value is -3.01. The van der Waals surface area contributed by atoms with Crippen molar-refractivity contribution in [1.82, 2.24) is 20.5 Å². The Morgan fingerprint density at radius 2 is 1.89 bits per heavy atom. The summed E-state index contributed by atoms with van der Waals surface area (Å²) in [5, 5.41) is 5.28. The Kier molecular flexibility index (Phi) is 8.38. The van der Waals surface area contributed by atoms with Crippen molar-refractivity contribution in [1.29, 1.82) is 0 Å². The van der Waals surface area contributed by atoms with Gasteiger partial charge in [0.15, 0.2) is 0 Å². The predicted octanol–water partition coefficient (Wildman–Crippen LogP) is 4.34. The lowest BCUT2D eigenvalue weighted by Crippen LogP contribution is -2.45. The largest absolute Gasteiger partial charge is 0.394 e. The number of amides is 2. The van der Waals surface area contributed by atoms with Gasteiger partial charge in [-0.3, -0.25) is 14.6 Å². The van der Waals surface area contributed by atoms with E-state index in [4.69, 9.17) is 0 Å². The van der Waals surface area contributed by atoms with Crippen LogP contribution in [0.2, 0.25) is 0 Å². The molecule has 1 heterocycles. The highest BCUT2D eigenvalue weighted by Gasteiger charge is 2.62. The maximum atomic E-state index is 15.2. The van der Waals surface area contributed by atoms with Crippen molar-refractivity contribution in [3.63, 3.8) is 0 Å². The van der Waals surface area contributed by atoms with E-state index >= 15 is 4.39 Å².